The zero-order valence-corrected chi connectivity index (χ0v) is 21.4. The molecule has 0 unspecified atom stereocenters. The molecule has 4 rings (SSSR count). The molecule has 0 spiro atoms. The molecule has 1 aliphatic heterocycles. The number of hydrazine groups is 1. The van der Waals surface area contributed by atoms with E-state index in [-0.39, 0.29) is 29.8 Å². The van der Waals surface area contributed by atoms with E-state index < -0.39 is 5.91 Å². The summed E-state index contributed by atoms with van der Waals surface area (Å²) in [5, 5.41) is 3.46. The average Bonchev–Trinajstić information content (AvgIpc) is 3.48. The van der Waals surface area contributed by atoms with Crippen molar-refractivity contribution in [2.45, 2.75) is 39.0 Å². The molecule has 0 radical (unpaired) electrons. The maximum atomic E-state index is 12.8. The number of likely N-dealkylation sites (tertiary alicyclic amines) is 1. The number of thiazole rings is 2. The number of hydrogen-bond acceptors (Lipinski definition) is 8. The molecule has 0 aliphatic carbocycles. The first-order valence-electron chi connectivity index (χ1n) is 11.2. The molecule has 0 atom stereocenters. The normalized spacial score (nSPS) is 14.0. The van der Waals surface area contributed by atoms with Gasteiger partial charge in [-0.1, -0.05) is 12.1 Å². The summed E-state index contributed by atoms with van der Waals surface area (Å²) in [4.78, 5) is 48.9. The molecule has 2 N–H and O–H groups in total. The zero-order chi connectivity index (χ0) is 24.9. The number of nitrogens with one attached hydrogen (secondary N) is 2. The number of aryl methyl sites for hydroxylation is 2. The highest BCUT2D eigenvalue weighted by Crippen LogP contribution is 2.31. The molecular weight excluding hydrogens is 486 g/mol. The summed E-state index contributed by atoms with van der Waals surface area (Å²) >= 11 is 2.86. The second-order valence-corrected chi connectivity index (χ2v) is 10.4. The third-order valence-corrected chi connectivity index (χ3v) is 7.87. The van der Waals surface area contributed by atoms with Crippen LogP contribution in [-0.4, -0.2) is 52.8 Å². The van der Waals surface area contributed by atoms with Crippen molar-refractivity contribution in [3.05, 3.63) is 61.5 Å². The number of benzene rings is 1. The maximum absolute atomic E-state index is 12.8. The number of aromatic nitrogens is 2. The quantitative estimate of drug-likeness (QED) is 0.489. The van der Waals surface area contributed by atoms with Crippen LogP contribution in [0, 0.1) is 13.8 Å². The van der Waals surface area contributed by atoms with Crippen LogP contribution in [0.5, 0.6) is 5.75 Å². The maximum Gasteiger partial charge on any atom is 0.289 e. The summed E-state index contributed by atoms with van der Waals surface area (Å²) in [6.45, 7) is 5.05. The van der Waals surface area contributed by atoms with Gasteiger partial charge in [0.05, 0.1) is 29.2 Å². The number of ether oxygens (including phenoxy) is 1. The first-order chi connectivity index (χ1) is 16.8. The van der Waals surface area contributed by atoms with Gasteiger partial charge in [0.15, 0.2) is 0 Å². The second kappa shape index (κ2) is 11.0. The average molecular weight is 514 g/mol. The van der Waals surface area contributed by atoms with E-state index in [0.717, 1.165) is 34.1 Å². The SMILES string of the molecule is COc1cccc(CC(=O)NNC(=O)c2csc(C3CCN(C(=O)c4sc(C)nc4C)CC3)n2)c1. The number of hydrogen-bond donors (Lipinski definition) is 2. The molecule has 1 aromatic carbocycles. The van der Waals surface area contributed by atoms with Crippen LogP contribution in [0.2, 0.25) is 0 Å². The largest absolute Gasteiger partial charge is 0.497 e. The number of carbonyl (C=O) groups excluding carboxylic acids is 3. The van der Waals surface area contributed by atoms with Crippen molar-refractivity contribution in [3.63, 3.8) is 0 Å². The van der Waals surface area contributed by atoms with Crippen LogP contribution < -0.4 is 15.6 Å². The highest BCUT2D eigenvalue weighted by molar-refractivity contribution is 7.13. The minimum Gasteiger partial charge on any atom is -0.497 e. The predicted octanol–water partition coefficient (Wildman–Crippen LogP) is 3.25. The van der Waals surface area contributed by atoms with Crippen molar-refractivity contribution in [3.8, 4) is 5.75 Å². The summed E-state index contributed by atoms with van der Waals surface area (Å²) in [6, 6.07) is 7.19. The van der Waals surface area contributed by atoms with Gasteiger partial charge >= 0.3 is 0 Å². The van der Waals surface area contributed by atoms with Crippen molar-refractivity contribution in [2.24, 2.45) is 0 Å². The fourth-order valence-corrected chi connectivity index (χ4v) is 5.84. The van der Waals surface area contributed by atoms with Crippen LogP contribution in [0.25, 0.3) is 0 Å². The Labute approximate surface area is 211 Å². The summed E-state index contributed by atoms with van der Waals surface area (Å²) in [5.41, 5.74) is 6.68. The molecule has 1 fully saturated rings. The minimum absolute atomic E-state index is 0.0374. The van der Waals surface area contributed by atoms with Gasteiger partial charge in [0, 0.05) is 24.4 Å². The Hall–Kier alpha value is -3.31. The van der Waals surface area contributed by atoms with Gasteiger partial charge in [-0.25, -0.2) is 9.97 Å². The number of methoxy groups -OCH3 is 1. The van der Waals surface area contributed by atoms with Crippen molar-refractivity contribution < 1.29 is 19.1 Å². The van der Waals surface area contributed by atoms with Crippen LogP contribution in [0.15, 0.2) is 29.6 Å². The number of carbonyl (C=O) groups is 3. The Kier molecular flexibility index (Phi) is 7.76. The van der Waals surface area contributed by atoms with Gasteiger partial charge in [-0.05, 0) is 44.4 Å². The second-order valence-electron chi connectivity index (χ2n) is 8.32. The van der Waals surface area contributed by atoms with E-state index in [0.29, 0.717) is 23.7 Å². The molecule has 184 valence electrons. The molecule has 0 bridgehead atoms. The molecule has 11 heteroatoms. The van der Waals surface area contributed by atoms with Gasteiger partial charge in [0.1, 0.15) is 16.3 Å². The van der Waals surface area contributed by atoms with Crippen molar-refractivity contribution in [1.29, 1.82) is 0 Å². The van der Waals surface area contributed by atoms with E-state index >= 15 is 0 Å². The van der Waals surface area contributed by atoms with Crippen molar-refractivity contribution in [2.75, 3.05) is 20.2 Å². The van der Waals surface area contributed by atoms with Crippen LogP contribution in [0.4, 0.5) is 0 Å². The van der Waals surface area contributed by atoms with Crippen LogP contribution in [0.3, 0.4) is 0 Å². The molecule has 0 saturated carbocycles. The number of amides is 3. The smallest absolute Gasteiger partial charge is 0.289 e. The topological polar surface area (TPSA) is 114 Å². The number of rotatable bonds is 6. The standard InChI is InChI=1S/C24H27N5O4S2/c1-14-21(35-15(2)25-14)24(32)29-9-7-17(8-10-29)23-26-19(13-34-23)22(31)28-27-20(30)12-16-5-4-6-18(11-16)33-3/h4-6,11,13,17H,7-10,12H2,1-3H3,(H,27,30)(H,28,31). The van der Waals surface area contributed by atoms with E-state index in [1.54, 1.807) is 30.7 Å². The Morgan fingerprint density at radius 2 is 1.91 bits per heavy atom. The fourth-order valence-electron chi connectivity index (χ4n) is 3.98. The lowest BCUT2D eigenvalue weighted by Crippen LogP contribution is -2.42. The lowest BCUT2D eigenvalue weighted by Gasteiger charge is -2.30. The van der Waals surface area contributed by atoms with E-state index in [2.05, 4.69) is 20.8 Å². The number of piperidine rings is 1. The van der Waals surface area contributed by atoms with Crippen LogP contribution >= 0.6 is 22.7 Å². The molecule has 2 aromatic heterocycles. The zero-order valence-electron chi connectivity index (χ0n) is 19.8. The Bertz CT molecular complexity index is 1230. The third kappa shape index (κ3) is 6.04. The lowest BCUT2D eigenvalue weighted by molar-refractivity contribution is -0.121. The molecule has 3 amide bonds. The Morgan fingerprint density at radius 1 is 1.14 bits per heavy atom. The monoisotopic (exact) mass is 513 g/mol. The Balaban J connectivity index is 1.26. The van der Waals surface area contributed by atoms with Gasteiger partial charge in [-0.3, -0.25) is 25.2 Å². The van der Waals surface area contributed by atoms with Crippen molar-refractivity contribution >= 4 is 40.4 Å². The van der Waals surface area contributed by atoms with Gasteiger partial charge in [0.25, 0.3) is 11.8 Å². The van der Waals surface area contributed by atoms with E-state index in [1.807, 2.05) is 24.8 Å². The molecule has 3 aromatic rings. The van der Waals surface area contributed by atoms with Gasteiger partial charge in [-0.15, -0.1) is 22.7 Å². The third-order valence-electron chi connectivity index (χ3n) is 5.80. The van der Waals surface area contributed by atoms with Gasteiger partial charge < -0.3 is 9.64 Å². The molecule has 3 heterocycles. The summed E-state index contributed by atoms with van der Waals surface area (Å²) < 4.78 is 5.16. The highest BCUT2D eigenvalue weighted by atomic mass is 32.1. The van der Waals surface area contributed by atoms with Crippen LogP contribution in [-0.2, 0) is 11.2 Å². The first kappa shape index (κ1) is 24.8. The van der Waals surface area contributed by atoms with Gasteiger partial charge in [-0.2, -0.15) is 0 Å². The predicted molar refractivity (Wildman–Crippen MR) is 134 cm³/mol. The van der Waals surface area contributed by atoms with E-state index in [9.17, 15) is 14.4 Å². The molecule has 1 saturated heterocycles. The first-order valence-corrected chi connectivity index (χ1v) is 12.9. The van der Waals surface area contributed by atoms with E-state index in [4.69, 9.17) is 4.74 Å². The molecule has 9 nitrogen and oxygen atoms in total. The molecule has 35 heavy (non-hydrogen) atoms. The van der Waals surface area contributed by atoms with Gasteiger partial charge in [0.2, 0.25) is 5.91 Å². The molecule has 1 aliphatic rings. The summed E-state index contributed by atoms with van der Waals surface area (Å²) in [5.74, 6) is 0.0897. The minimum atomic E-state index is -0.463. The highest BCUT2D eigenvalue weighted by Gasteiger charge is 2.28. The van der Waals surface area contributed by atoms with E-state index in [1.165, 1.54) is 22.7 Å². The fraction of sp³-hybridized carbons (Fsp3) is 0.375. The molecular formula is C24H27N5O4S2. The summed E-state index contributed by atoms with van der Waals surface area (Å²) in [6.07, 6.45) is 1.68. The lowest BCUT2D eigenvalue weighted by atomic mass is 9.97. The van der Waals surface area contributed by atoms with Crippen LogP contribution in [0.1, 0.15) is 60.2 Å². The van der Waals surface area contributed by atoms with Crippen molar-refractivity contribution in [1.82, 2.24) is 25.7 Å². The Morgan fingerprint density at radius 3 is 2.60 bits per heavy atom. The summed E-state index contributed by atoms with van der Waals surface area (Å²) in [7, 11) is 1.56. The number of nitrogens with zero attached hydrogens (tertiary/aromatic N) is 3.